The summed E-state index contributed by atoms with van der Waals surface area (Å²) in [5.41, 5.74) is 1.56. The Labute approximate surface area is 70.1 Å². The van der Waals surface area contributed by atoms with Gasteiger partial charge in [0.05, 0.1) is 0 Å². The minimum atomic E-state index is 0.527. The molecule has 2 rings (SSSR count). The molecule has 2 nitrogen and oxygen atoms in total. The van der Waals surface area contributed by atoms with Gasteiger partial charge >= 0.3 is 0 Å². The zero-order chi connectivity index (χ0) is 8.55. The Balaban J connectivity index is 2.29. The van der Waals surface area contributed by atoms with Gasteiger partial charge < -0.3 is 9.15 Å². The van der Waals surface area contributed by atoms with E-state index in [9.17, 15) is 0 Å². The lowest BCUT2D eigenvalue weighted by atomic mass is 10.3. The Bertz CT molecular complexity index is 411. The molecular weight excluding hydrogens is 152 g/mol. The molecule has 0 aromatic carbocycles. The van der Waals surface area contributed by atoms with E-state index >= 15 is 0 Å². The lowest BCUT2D eigenvalue weighted by molar-refractivity contribution is 0.448. The van der Waals surface area contributed by atoms with E-state index in [4.69, 9.17) is 9.15 Å². The first-order chi connectivity index (χ1) is 5.79. The van der Waals surface area contributed by atoms with E-state index < -0.39 is 0 Å². The van der Waals surface area contributed by atoms with E-state index in [0.717, 1.165) is 11.2 Å². The van der Waals surface area contributed by atoms with Crippen molar-refractivity contribution in [2.45, 2.75) is 0 Å². The summed E-state index contributed by atoms with van der Waals surface area (Å²) >= 11 is 0. The predicted octanol–water partition coefficient (Wildman–Crippen LogP) is 2.95. The summed E-state index contributed by atoms with van der Waals surface area (Å²) in [7, 11) is 0. The fourth-order valence-electron chi connectivity index (χ4n) is 1.03. The second-order valence-electron chi connectivity index (χ2n) is 2.48. The molecule has 0 aliphatic heterocycles. The quantitative estimate of drug-likeness (QED) is 0.508. The molecule has 0 unspecified atom stereocenters. The van der Waals surface area contributed by atoms with Gasteiger partial charge in [-0.15, -0.1) is 0 Å². The van der Waals surface area contributed by atoms with Crippen molar-refractivity contribution in [3.8, 4) is 5.75 Å². The van der Waals surface area contributed by atoms with Gasteiger partial charge in [0.1, 0.15) is 11.3 Å². The van der Waals surface area contributed by atoms with Gasteiger partial charge in [-0.05, 0) is 18.2 Å². The molecule has 0 radical (unpaired) electrons. The monoisotopic (exact) mass is 160 g/mol. The molecule has 2 aromatic rings. The van der Waals surface area contributed by atoms with Crippen molar-refractivity contribution < 1.29 is 9.15 Å². The summed E-state index contributed by atoms with van der Waals surface area (Å²) in [6.07, 6.45) is 1.56. The molecule has 2 heterocycles. The van der Waals surface area contributed by atoms with Crippen LogP contribution in [0.5, 0.6) is 5.75 Å². The lowest BCUT2D eigenvalue weighted by Crippen LogP contribution is -1.87. The van der Waals surface area contributed by atoms with E-state index in [1.54, 1.807) is 6.08 Å². The van der Waals surface area contributed by atoms with Crippen LogP contribution in [0.25, 0.3) is 11.2 Å². The smallest absolute Gasteiger partial charge is 0.173 e. The number of allylic oxidation sites excluding steroid dienone is 1. The third kappa shape index (κ3) is 0.975. The standard InChI is InChI=1S/C10H8O2/c1-3-7(2)11-10-6-8-4-5-9(10)12-8/h3-6H,1-2H2. The predicted molar refractivity (Wildman–Crippen MR) is 47.4 cm³/mol. The van der Waals surface area contributed by atoms with Crippen LogP contribution in [0.3, 0.4) is 0 Å². The van der Waals surface area contributed by atoms with Crippen LogP contribution in [0.4, 0.5) is 0 Å². The molecule has 0 aliphatic carbocycles. The molecule has 0 saturated carbocycles. The van der Waals surface area contributed by atoms with Crippen LogP contribution in [-0.2, 0) is 0 Å². The fourth-order valence-corrected chi connectivity index (χ4v) is 1.03. The number of furan rings is 2. The largest absolute Gasteiger partial charge is 0.454 e. The van der Waals surface area contributed by atoms with Crippen LogP contribution in [-0.4, -0.2) is 0 Å². The molecule has 0 saturated heterocycles. The van der Waals surface area contributed by atoms with Crippen LogP contribution in [0.15, 0.2) is 47.6 Å². The third-order valence-electron chi connectivity index (χ3n) is 1.61. The fraction of sp³-hybridized carbons (Fsp3) is 0. The lowest BCUT2D eigenvalue weighted by Gasteiger charge is -2.00. The number of ether oxygens (including phenoxy) is 1. The van der Waals surface area contributed by atoms with Crippen molar-refractivity contribution in [2.24, 2.45) is 0 Å². The highest BCUT2D eigenvalue weighted by Crippen LogP contribution is 2.29. The SMILES string of the molecule is C=CC(=C)Oc1cc2ccc1o2. The zero-order valence-corrected chi connectivity index (χ0v) is 6.54. The number of benzene rings is 1. The summed E-state index contributed by atoms with van der Waals surface area (Å²) in [6.45, 7) is 7.17. The number of hydrogen-bond acceptors (Lipinski definition) is 2. The Kier molecular flexibility index (Phi) is 1.40. The minimum Gasteiger partial charge on any atom is -0.454 e. The highest BCUT2D eigenvalue weighted by Gasteiger charge is 2.07. The van der Waals surface area contributed by atoms with Gasteiger partial charge in [0.15, 0.2) is 11.3 Å². The van der Waals surface area contributed by atoms with Gasteiger partial charge in [0.25, 0.3) is 0 Å². The molecule has 0 aliphatic rings. The van der Waals surface area contributed by atoms with E-state index in [0.29, 0.717) is 11.5 Å². The average Bonchev–Trinajstić information content (AvgIpc) is 2.64. The van der Waals surface area contributed by atoms with Crippen LogP contribution >= 0.6 is 0 Å². The first-order valence-corrected chi connectivity index (χ1v) is 3.61. The second-order valence-corrected chi connectivity index (χ2v) is 2.48. The molecular formula is C10H8O2. The van der Waals surface area contributed by atoms with E-state index in [-0.39, 0.29) is 0 Å². The molecule has 0 fully saturated rings. The summed E-state index contributed by atoms with van der Waals surface area (Å²) < 4.78 is 10.6. The summed E-state index contributed by atoms with van der Waals surface area (Å²) in [6, 6.07) is 5.57. The molecule has 2 heteroatoms. The first-order valence-electron chi connectivity index (χ1n) is 3.61. The first kappa shape index (κ1) is 6.98. The Morgan fingerprint density at radius 2 is 2.33 bits per heavy atom. The van der Waals surface area contributed by atoms with Gasteiger partial charge in [-0.25, -0.2) is 0 Å². The van der Waals surface area contributed by atoms with Crippen molar-refractivity contribution >= 4 is 11.2 Å². The number of hydrogen-bond donors (Lipinski definition) is 0. The van der Waals surface area contributed by atoms with Gasteiger partial charge in [0.2, 0.25) is 0 Å². The maximum absolute atomic E-state index is 5.31. The second kappa shape index (κ2) is 2.41. The van der Waals surface area contributed by atoms with Crippen molar-refractivity contribution in [1.29, 1.82) is 0 Å². The maximum atomic E-state index is 5.31. The van der Waals surface area contributed by atoms with Gasteiger partial charge in [-0.2, -0.15) is 0 Å². The van der Waals surface area contributed by atoms with Gasteiger partial charge in [-0.1, -0.05) is 13.2 Å². The molecule has 2 aromatic heterocycles. The summed E-state index contributed by atoms with van der Waals surface area (Å²) in [5.74, 6) is 1.23. The Hall–Kier alpha value is -1.70. The number of fused-ring (bicyclic) bond motifs is 2. The van der Waals surface area contributed by atoms with Crippen molar-refractivity contribution in [3.05, 3.63) is 43.2 Å². The molecule has 0 atom stereocenters. The van der Waals surface area contributed by atoms with Crippen LogP contribution in [0.2, 0.25) is 0 Å². The Morgan fingerprint density at radius 1 is 1.50 bits per heavy atom. The molecule has 12 heavy (non-hydrogen) atoms. The summed E-state index contributed by atoms with van der Waals surface area (Å²) in [5, 5.41) is 0. The average molecular weight is 160 g/mol. The van der Waals surface area contributed by atoms with E-state index in [1.807, 2.05) is 18.2 Å². The van der Waals surface area contributed by atoms with Crippen molar-refractivity contribution in [2.75, 3.05) is 0 Å². The summed E-state index contributed by atoms with van der Waals surface area (Å²) in [4.78, 5) is 0. The Morgan fingerprint density at radius 3 is 2.83 bits per heavy atom. The van der Waals surface area contributed by atoms with Crippen LogP contribution < -0.4 is 4.74 Å². The highest BCUT2D eigenvalue weighted by molar-refractivity contribution is 5.70. The van der Waals surface area contributed by atoms with Crippen LogP contribution in [0.1, 0.15) is 0 Å². The normalized spacial score (nSPS) is 10.3. The van der Waals surface area contributed by atoms with Gasteiger partial charge in [-0.3, -0.25) is 0 Å². The topological polar surface area (TPSA) is 22.4 Å². The van der Waals surface area contributed by atoms with Gasteiger partial charge in [0, 0.05) is 6.07 Å². The van der Waals surface area contributed by atoms with E-state index in [1.165, 1.54) is 0 Å². The van der Waals surface area contributed by atoms with Crippen molar-refractivity contribution in [3.63, 3.8) is 0 Å². The molecule has 60 valence electrons. The highest BCUT2D eigenvalue weighted by atomic mass is 16.5. The molecule has 0 N–H and O–H groups in total. The van der Waals surface area contributed by atoms with Crippen LogP contribution in [0, 0.1) is 0 Å². The molecule has 2 bridgehead atoms. The third-order valence-corrected chi connectivity index (χ3v) is 1.61. The van der Waals surface area contributed by atoms with E-state index in [2.05, 4.69) is 13.2 Å². The maximum Gasteiger partial charge on any atom is 0.173 e. The number of rotatable bonds is 3. The van der Waals surface area contributed by atoms with Crippen molar-refractivity contribution in [1.82, 2.24) is 0 Å². The minimum absolute atomic E-state index is 0.527. The molecule has 0 amide bonds. The molecule has 0 spiro atoms. The zero-order valence-electron chi connectivity index (χ0n) is 6.54.